The first-order valence-electron chi connectivity index (χ1n) is 7.61. The normalized spacial score (nSPS) is 23.4. The molecule has 1 fully saturated rings. The lowest BCUT2D eigenvalue weighted by Crippen LogP contribution is -2.45. The number of carbonyl (C=O) groups excluding carboxylic acids is 1. The minimum Gasteiger partial charge on any atom is -0.444 e. The molecule has 20 heavy (non-hydrogen) atoms. The molecule has 0 aromatic heterocycles. The predicted octanol–water partition coefficient (Wildman–Crippen LogP) is 3.02. The summed E-state index contributed by atoms with van der Waals surface area (Å²) < 4.78 is 5.29. The quantitative estimate of drug-likeness (QED) is 0.741. The first-order chi connectivity index (χ1) is 9.42. The van der Waals surface area contributed by atoms with Crippen LogP contribution in [0.5, 0.6) is 0 Å². The first-order valence-corrected chi connectivity index (χ1v) is 9.01. The van der Waals surface area contributed by atoms with Crippen LogP contribution in [0.3, 0.4) is 0 Å². The van der Waals surface area contributed by atoms with Crippen molar-refractivity contribution in [2.45, 2.75) is 58.1 Å². The van der Waals surface area contributed by atoms with Gasteiger partial charge < -0.3 is 15.4 Å². The third-order valence-corrected chi connectivity index (χ3v) is 4.14. The molecule has 4 nitrogen and oxygen atoms in total. The highest BCUT2D eigenvalue weighted by atomic mass is 32.2. The van der Waals surface area contributed by atoms with Crippen molar-refractivity contribution in [3.8, 4) is 0 Å². The van der Waals surface area contributed by atoms with Crippen molar-refractivity contribution >= 4 is 17.9 Å². The van der Waals surface area contributed by atoms with Gasteiger partial charge in [0.1, 0.15) is 5.60 Å². The predicted molar refractivity (Wildman–Crippen MR) is 86.4 cm³/mol. The number of hydrogen-bond donors (Lipinski definition) is 2. The summed E-state index contributed by atoms with van der Waals surface area (Å²) in [5.74, 6) is 1.67. The van der Waals surface area contributed by atoms with Crippen LogP contribution in [0.15, 0.2) is 0 Å². The Morgan fingerprint density at radius 2 is 2.00 bits per heavy atom. The third-order valence-electron chi connectivity index (χ3n) is 3.53. The molecule has 1 amide bonds. The van der Waals surface area contributed by atoms with Crippen molar-refractivity contribution in [1.82, 2.24) is 10.6 Å². The molecular formula is C15H30N2O2S. The zero-order valence-corrected chi connectivity index (χ0v) is 14.1. The Bertz CT molecular complexity index is 292. The van der Waals surface area contributed by atoms with Crippen molar-refractivity contribution in [1.29, 1.82) is 0 Å². The Morgan fingerprint density at radius 3 is 2.65 bits per heavy atom. The molecule has 1 aliphatic carbocycles. The Kier molecular flexibility index (Phi) is 7.74. The molecule has 0 spiro atoms. The number of alkyl carbamates (subject to hydrolysis) is 1. The van der Waals surface area contributed by atoms with Gasteiger partial charge in [0, 0.05) is 24.9 Å². The van der Waals surface area contributed by atoms with Gasteiger partial charge >= 0.3 is 6.09 Å². The van der Waals surface area contributed by atoms with Crippen molar-refractivity contribution in [2.24, 2.45) is 5.92 Å². The lowest BCUT2D eigenvalue weighted by atomic mass is 9.84. The Labute approximate surface area is 127 Å². The molecule has 0 heterocycles. The molecule has 118 valence electrons. The van der Waals surface area contributed by atoms with Gasteiger partial charge in [0.25, 0.3) is 0 Å². The number of hydrogen-bond acceptors (Lipinski definition) is 4. The van der Waals surface area contributed by atoms with Gasteiger partial charge in [-0.2, -0.15) is 11.8 Å². The average Bonchev–Trinajstić information content (AvgIpc) is 2.36. The molecule has 0 radical (unpaired) electrons. The van der Waals surface area contributed by atoms with Crippen LogP contribution in [0.25, 0.3) is 0 Å². The Balaban J connectivity index is 2.33. The van der Waals surface area contributed by atoms with Gasteiger partial charge in [-0.25, -0.2) is 4.79 Å². The van der Waals surface area contributed by atoms with Crippen molar-refractivity contribution < 1.29 is 9.53 Å². The molecule has 1 aliphatic rings. The Morgan fingerprint density at radius 1 is 1.30 bits per heavy atom. The molecule has 0 saturated heterocycles. The average molecular weight is 302 g/mol. The second-order valence-corrected chi connectivity index (χ2v) is 7.47. The maximum absolute atomic E-state index is 11.7. The summed E-state index contributed by atoms with van der Waals surface area (Å²) in [7, 11) is 0. The Hall–Kier alpha value is -0.420. The van der Waals surface area contributed by atoms with Crippen molar-refractivity contribution in [3.05, 3.63) is 0 Å². The largest absolute Gasteiger partial charge is 0.444 e. The van der Waals surface area contributed by atoms with E-state index in [1.807, 2.05) is 32.5 Å². The number of ether oxygens (including phenoxy) is 1. The monoisotopic (exact) mass is 302 g/mol. The minimum atomic E-state index is -0.424. The standard InChI is InChI=1S/C15H30N2O2S/c1-15(2,3)19-14(18)17-11-12-7-5-6-8-13(12)16-9-10-20-4/h12-13,16H,5-11H2,1-4H3,(H,17,18). The number of thioether (sulfide) groups is 1. The highest BCUT2D eigenvalue weighted by Gasteiger charge is 2.25. The van der Waals surface area contributed by atoms with E-state index in [1.54, 1.807) is 0 Å². The summed E-state index contributed by atoms with van der Waals surface area (Å²) in [6, 6.07) is 0.533. The van der Waals surface area contributed by atoms with E-state index in [9.17, 15) is 4.79 Å². The van der Waals surface area contributed by atoms with E-state index in [4.69, 9.17) is 4.74 Å². The van der Waals surface area contributed by atoms with Crippen LogP contribution in [0, 0.1) is 5.92 Å². The van der Waals surface area contributed by atoms with Crippen LogP contribution >= 0.6 is 11.8 Å². The van der Waals surface area contributed by atoms with E-state index >= 15 is 0 Å². The van der Waals surface area contributed by atoms with Crippen LogP contribution in [0.2, 0.25) is 0 Å². The molecular weight excluding hydrogens is 272 g/mol. The van der Waals surface area contributed by atoms with Crippen LogP contribution in [0.1, 0.15) is 46.5 Å². The van der Waals surface area contributed by atoms with E-state index in [-0.39, 0.29) is 6.09 Å². The fourth-order valence-corrected chi connectivity index (χ4v) is 2.92. The number of carbonyl (C=O) groups is 1. The molecule has 2 atom stereocenters. The zero-order valence-electron chi connectivity index (χ0n) is 13.3. The van der Waals surface area contributed by atoms with Crippen LogP contribution in [-0.4, -0.2) is 42.8 Å². The van der Waals surface area contributed by atoms with Gasteiger partial charge in [-0.05, 0) is 45.8 Å². The summed E-state index contributed by atoms with van der Waals surface area (Å²) in [5, 5.41) is 6.55. The minimum absolute atomic E-state index is 0.300. The van der Waals surface area contributed by atoms with Crippen LogP contribution in [-0.2, 0) is 4.74 Å². The third kappa shape index (κ3) is 7.39. The summed E-state index contributed by atoms with van der Waals surface area (Å²) in [4.78, 5) is 11.7. The molecule has 0 aliphatic heterocycles. The molecule has 0 aromatic carbocycles. The molecule has 1 saturated carbocycles. The van der Waals surface area contributed by atoms with E-state index in [1.165, 1.54) is 25.7 Å². The number of amides is 1. The molecule has 2 unspecified atom stereocenters. The summed E-state index contributed by atoms with van der Waals surface area (Å²) in [6.45, 7) is 7.43. The van der Waals surface area contributed by atoms with Crippen LogP contribution < -0.4 is 10.6 Å². The lowest BCUT2D eigenvalue weighted by Gasteiger charge is -2.32. The van der Waals surface area contributed by atoms with Crippen molar-refractivity contribution in [2.75, 3.05) is 25.1 Å². The van der Waals surface area contributed by atoms with Gasteiger partial charge in [0.2, 0.25) is 0 Å². The zero-order chi connectivity index (χ0) is 15.0. The van der Waals surface area contributed by atoms with Crippen LogP contribution in [0.4, 0.5) is 4.79 Å². The van der Waals surface area contributed by atoms with Gasteiger partial charge in [-0.1, -0.05) is 12.8 Å². The maximum Gasteiger partial charge on any atom is 0.407 e. The van der Waals surface area contributed by atoms with E-state index in [2.05, 4.69) is 16.9 Å². The van der Waals surface area contributed by atoms with Crippen molar-refractivity contribution in [3.63, 3.8) is 0 Å². The summed E-state index contributed by atoms with van der Waals surface area (Å²) >= 11 is 1.86. The first kappa shape index (κ1) is 17.6. The topological polar surface area (TPSA) is 50.4 Å². The molecule has 5 heteroatoms. The second-order valence-electron chi connectivity index (χ2n) is 6.48. The SMILES string of the molecule is CSCCNC1CCCCC1CNC(=O)OC(C)(C)C. The van der Waals surface area contributed by atoms with E-state index in [0.29, 0.717) is 18.5 Å². The smallest absolute Gasteiger partial charge is 0.407 e. The highest BCUT2D eigenvalue weighted by molar-refractivity contribution is 7.98. The van der Waals surface area contributed by atoms with Gasteiger partial charge in [0.05, 0.1) is 0 Å². The number of rotatable bonds is 6. The van der Waals surface area contributed by atoms with E-state index < -0.39 is 5.60 Å². The van der Waals surface area contributed by atoms with Gasteiger partial charge in [0.15, 0.2) is 0 Å². The van der Waals surface area contributed by atoms with Gasteiger partial charge in [-0.15, -0.1) is 0 Å². The lowest BCUT2D eigenvalue weighted by molar-refractivity contribution is 0.0511. The summed E-state index contributed by atoms with van der Waals surface area (Å²) in [5.41, 5.74) is -0.424. The maximum atomic E-state index is 11.7. The molecule has 0 aromatic rings. The van der Waals surface area contributed by atoms with E-state index in [0.717, 1.165) is 12.3 Å². The fraction of sp³-hybridized carbons (Fsp3) is 0.933. The highest BCUT2D eigenvalue weighted by Crippen LogP contribution is 2.24. The summed E-state index contributed by atoms with van der Waals surface area (Å²) in [6.07, 6.45) is 6.79. The molecule has 2 N–H and O–H groups in total. The molecule has 1 rings (SSSR count). The number of nitrogens with one attached hydrogen (secondary N) is 2. The fourth-order valence-electron chi connectivity index (χ4n) is 2.60. The van der Waals surface area contributed by atoms with Gasteiger partial charge in [-0.3, -0.25) is 0 Å². The second kappa shape index (κ2) is 8.78. The molecule has 0 bridgehead atoms.